The van der Waals surface area contributed by atoms with E-state index in [1.165, 1.54) is 9.80 Å². The molecule has 0 saturated carbocycles. The topological polar surface area (TPSA) is 102 Å². The Morgan fingerprint density at radius 2 is 2.15 bits per heavy atom. The van der Waals surface area contributed by atoms with Crippen LogP contribution < -0.4 is 5.48 Å². The van der Waals surface area contributed by atoms with Crippen LogP contribution in [0.3, 0.4) is 0 Å². The van der Waals surface area contributed by atoms with Crippen LogP contribution in [0.1, 0.15) is 12.8 Å². The number of carbonyl (C=O) groups excluding carboxylic acids is 3. The lowest BCUT2D eigenvalue weighted by Gasteiger charge is -2.28. The second-order valence-electron chi connectivity index (χ2n) is 5.07. The molecule has 0 radical (unpaired) electrons. The van der Waals surface area contributed by atoms with Gasteiger partial charge < -0.3 is 9.80 Å². The summed E-state index contributed by atoms with van der Waals surface area (Å²) >= 11 is 0. The highest BCUT2D eigenvalue weighted by molar-refractivity contribution is 5.88. The Bertz CT molecular complexity index is 427. The summed E-state index contributed by atoms with van der Waals surface area (Å²) in [6.45, 7) is 0.0538. The molecular weight excluding hydrogens is 268 g/mol. The molecule has 0 aromatic rings. The molecule has 2 fully saturated rings. The summed E-state index contributed by atoms with van der Waals surface area (Å²) in [6.07, 6.45) is 0.998. The first-order chi connectivity index (χ1) is 9.41. The van der Waals surface area contributed by atoms with Gasteiger partial charge in [0.1, 0.15) is 6.04 Å². The number of rotatable bonds is 4. The summed E-state index contributed by atoms with van der Waals surface area (Å²) in [5.41, 5.74) is 2.18. The molecule has 2 atom stereocenters. The fourth-order valence-electron chi connectivity index (χ4n) is 2.29. The van der Waals surface area contributed by atoms with Crippen LogP contribution in [-0.2, 0) is 14.4 Å². The number of nitrogens with one attached hydrogen (secondary N) is 1. The number of likely N-dealkylation sites (N-methyl/N-ethyl adjacent to an activating group) is 1. The van der Waals surface area contributed by atoms with Crippen molar-refractivity contribution in [2.24, 2.45) is 0 Å². The molecule has 0 aromatic carbocycles. The van der Waals surface area contributed by atoms with Crippen LogP contribution in [0.4, 0.5) is 4.79 Å². The van der Waals surface area contributed by atoms with E-state index in [1.54, 1.807) is 14.1 Å². The summed E-state index contributed by atoms with van der Waals surface area (Å²) < 4.78 is 0. The maximum Gasteiger partial charge on any atom is 0.344 e. The Labute approximate surface area is 116 Å². The standard InChI is InChI=1S/C11H18N4O5/c1-13(2)9(16)6-20-12-10(17)8-4-3-7-5-14(8)11(18)15(7)19/h7-8,19H,3-6H2,1-2H3,(H,12,17). The van der Waals surface area contributed by atoms with Crippen molar-refractivity contribution in [2.45, 2.75) is 24.9 Å². The number of urea groups is 1. The van der Waals surface area contributed by atoms with Gasteiger partial charge in [-0.15, -0.1) is 0 Å². The third-order valence-corrected chi connectivity index (χ3v) is 3.51. The largest absolute Gasteiger partial charge is 0.347 e. The molecule has 0 aromatic heterocycles. The van der Waals surface area contributed by atoms with Crippen molar-refractivity contribution < 1.29 is 24.4 Å². The molecule has 2 saturated heterocycles. The molecule has 0 spiro atoms. The van der Waals surface area contributed by atoms with Crippen molar-refractivity contribution in [3.8, 4) is 0 Å². The molecule has 2 aliphatic rings. The summed E-state index contributed by atoms with van der Waals surface area (Å²) in [7, 11) is 3.15. The molecule has 2 bridgehead atoms. The maximum absolute atomic E-state index is 11.9. The second kappa shape index (κ2) is 5.63. The number of nitrogens with zero attached hydrogens (tertiary/aromatic N) is 3. The van der Waals surface area contributed by atoms with Gasteiger partial charge in [-0.05, 0) is 12.8 Å². The zero-order valence-electron chi connectivity index (χ0n) is 11.4. The summed E-state index contributed by atoms with van der Waals surface area (Å²) in [5.74, 6) is -0.772. The van der Waals surface area contributed by atoms with Crippen molar-refractivity contribution in [2.75, 3.05) is 27.2 Å². The van der Waals surface area contributed by atoms with Gasteiger partial charge in [0.25, 0.3) is 11.8 Å². The first-order valence-corrected chi connectivity index (χ1v) is 6.32. The fourth-order valence-corrected chi connectivity index (χ4v) is 2.29. The van der Waals surface area contributed by atoms with Crippen LogP contribution in [0.15, 0.2) is 0 Å². The van der Waals surface area contributed by atoms with E-state index < -0.39 is 18.0 Å². The Hall–Kier alpha value is -1.87. The van der Waals surface area contributed by atoms with Gasteiger partial charge in [-0.3, -0.25) is 19.6 Å². The highest BCUT2D eigenvalue weighted by Crippen LogP contribution is 2.28. The van der Waals surface area contributed by atoms with E-state index in [9.17, 15) is 19.6 Å². The molecule has 112 valence electrons. The number of piperidine rings is 1. The lowest BCUT2D eigenvalue weighted by molar-refractivity contribution is -0.146. The van der Waals surface area contributed by atoms with E-state index in [-0.39, 0.29) is 18.6 Å². The number of amides is 4. The smallest absolute Gasteiger partial charge is 0.344 e. The Morgan fingerprint density at radius 3 is 2.80 bits per heavy atom. The Morgan fingerprint density at radius 1 is 1.45 bits per heavy atom. The minimum atomic E-state index is -0.676. The average Bonchev–Trinajstić information content (AvgIpc) is 2.63. The highest BCUT2D eigenvalue weighted by atomic mass is 16.7. The predicted molar refractivity (Wildman–Crippen MR) is 65.3 cm³/mol. The molecule has 2 aliphatic heterocycles. The normalized spacial score (nSPS) is 24.9. The van der Waals surface area contributed by atoms with Crippen molar-refractivity contribution in [1.29, 1.82) is 0 Å². The zero-order chi connectivity index (χ0) is 14.9. The summed E-state index contributed by atoms with van der Waals surface area (Å²) in [5, 5.41) is 10.2. The number of hydrogen-bond donors (Lipinski definition) is 2. The van der Waals surface area contributed by atoms with Crippen LogP contribution in [0.5, 0.6) is 0 Å². The molecule has 2 N–H and O–H groups in total. The van der Waals surface area contributed by atoms with Gasteiger partial charge in [-0.25, -0.2) is 15.3 Å². The van der Waals surface area contributed by atoms with Crippen LogP contribution in [-0.4, -0.2) is 77.2 Å². The van der Waals surface area contributed by atoms with E-state index in [4.69, 9.17) is 4.84 Å². The lowest BCUT2D eigenvalue weighted by Crippen LogP contribution is -2.50. The highest BCUT2D eigenvalue weighted by Gasteiger charge is 2.46. The van der Waals surface area contributed by atoms with Crippen molar-refractivity contribution in [1.82, 2.24) is 20.3 Å². The van der Waals surface area contributed by atoms with E-state index in [2.05, 4.69) is 5.48 Å². The summed E-state index contributed by atoms with van der Waals surface area (Å²) in [4.78, 5) is 42.4. The number of carbonyl (C=O) groups is 3. The van der Waals surface area contributed by atoms with Gasteiger partial charge >= 0.3 is 6.03 Å². The predicted octanol–water partition coefficient (Wildman–Crippen LogP) is -1.22. The van der Waals surface area contributed by atoms with Gasteiger partial charge in [0.2, 0.25) is 0 Å². The minimum absolute atomic E-state index is 0.247. The molecule has 2 heterocycles. The monoisotopic (exact) mass is 286 g/mol. The van der Waals surface area contributed by atoms with Gasteiger partial charge in [0.15, 0.2) is 6.61 Å². The van der Waals surface area contributed by atoms with Crippen LogP contribution in [0, 0.1) is 0 Å². The first-order valence-electron chi connectivity index (χ1n) is 6.32. The third kappa shape index (κ3) is 2.68. The van der Waals surface area contributed by atoms with Crippen LogP contribution in [0.25, 0.3) is 0 Å². The molecule has 2 unspecified atom stereocenters. The van der Waals surface area contributed by atoms with Gasteiger partial charge in [0.05, 0.1) is 6.04 Å². The van der Waals surface area contributed by atoms with E-state index in [0.717, 1.165) is 0 Å². The number of fused-ring (bicyclic) bond motifs is 2. The first kappa shape index (κ1) is 14.5. The minimum Gasteiger partial charge on any atom is -0.347 e. The Kier molecular flexibility index (Phi) is 4.09. The molecular formula is C11H18N4O5. The molecule has 2 rings (SSSR count). The lowest BCUT2D eigenvalue weighted by atomic mass is 10.0. The quantitative estimate of drug-likeness (QED) is 0.498. The molecule has 20 heavy (non-hydrogen) atoms. The van der Waals surface area contributed by atoms with Crippen LogP contribution >= 0.6 is 0 Å². The zero-order valence-corrected chi connectivity index (χ0v) is 11.4. The van der Waals surface area contributed by atoms with Crippen molar-refractivity contribution >= 4 is 17.8 Å². The number of hydrogen-bond acceptors (Lipinski definition) is 5. The van der Waals surface area contributed by atoms with E-state index in [0.29, 0.717) is 24.4 Å². The number of hydroxylamine groups is 3. The second-order valence-corrected chi connectivity index (χ2v) is 5.07. The maximum atomic E-state index is 11.9. The van der Waals surface area contributed by atoms with Gasteiger partial charge in [0, 0.05) is 20.6 Å². The van der Waals surface area contributed by atoms with Gasteiger partial charge in [-0.2, -0.15) is 0 Å². The van der Waals surface area contributed by atoms with Crippen LogP contribution in [0.2, 0.25) is 0 Å². The Balaban J connectivity index is 1.84. The van der Waals surface area contributed by atoms with E-state index in [1.807, 2.05) is 0 Å². The fraction of sp³-hybridized carbons (Fsp3) is 0.727. The van der Waals surface area contributed by atoms with E-state index >= 15 is 0 Å². The molecule has 9 heteroatoms. The molecule has 0 aliphatic carbocycles. The average molecular weight is 286 g/mol. The summed E-state index contributed by atoms with van der Waals surface area (Å²) in [6, 6.07) is -1.50. The molecule has 4 amide bonds. The van der Waals surface area contributed by atoms with Gasteiger partial charge in [-0.1, -0.05) is 0 Å². The third-order valence-electron chi connectivity index (χ3n) is 3.51. The van der Waals surface area contributed by atoms with Crippen molar-refractivity contribution in [3.63, 3.8) is 0 Å². The van der Waals surface area contributed by atoms with Crippen molar-refractivity contribution in [3.05, 3.63) is 0 Å². The SMILES string of the molecule is CN(C)C(=O)CONC(=O)C1CCC2CN1C(=O)N2O. The molecule has 9 nitrogen and oxygen atoms in total.